The molecule has 3 atom stereocenters. The first kappa shape index (κ1) is 31.4. The smallest absolute Gasteiger partial charge is 0.338 e. The summed E-state index contributed by atoms with van der Waals surface area (Å²) in [6.07, 6.45) is 1.58. The predicted molar refractivity (Wildman–Crippen MR) is 155 cm³/mol. The number of alkyl halides is 2. The molecule has 0 spiro atoms. The second-order valence-corrected chi connectivity index (χ2v) is 12.4. The summed E-state index contributed by atoms with van der Waals surface area (Å²) in [6, 6.07) is 1.90. The number of halogens is 3. The Bertz CT molecular complexity index is 1530. The molecule has 3 aliphatic heterocycles. The number of carbonyl (C=O) groups excluding carboxylic acids is 2. The first-order valence-electron chi connectivity index (χ1n) is 14.1. The van der Waals surface area contributed by atoms with E-state index >= 15 is 8.78 Å². The molecule has 0 unspecified atom stereocenters. The Labute approximate surface area is 255 Å². The van der Waals surface area contributed by atoms with Crippen LogP contribution in [0.15, 0.2) is 46.0 Å². The molecule has 0 aliphatic carbocycles. The topological polar surface area (TPSA) is 136 Å². The minimum absolute atomic E-state index is 0.0385. The molecule has 3 N–H and O–H groups in total. The number of carboxylic acid groups (broad SMARTS) is 1. The summed E-state index contributed by atoms with van der Waals surface area (Å²) in [6.45, 7) is 4.72. The highest BCUT2D eigenvalue weighted by Crippen LogP contribution is 2.43. The third-order valence-corrected chi connectivity index (χ3v) is 8.96. The quantitative estimate of drug-likeness (QED) is 0.377. The highest BCUT2D eigenvalue weighted by atomic mass is 32.1. The fourth-order valence-corrected chi connectivity index (χ4v) is 6.37. The van der Waals surface area contributed by atoms with Gasteiger partial charge in [-0.1, -0.05) is 12.1 Å². The van der Waals surface area contributed by atoms with Crippen LogP contribution in [0.4, 0.5) is 18.0 Å². The number of aliphatic carboxylic acids is 1. The van der Waals surface area contributed by atoms with Crippen LogP contribution in [0.3, 0.4) is 0 Å². The number of hydrogen-bond donors (Lipinski definition) is 3. The second-order valence-electron chi connectivity index (χ2n) is 11.5. The van der Waals surface area contributed by atoms with Crippen molar-refractivity contribution in [2.45, 2.75) is 51.2 Å². The van der Waals surface area contributed by atoms with Crippen molar-refractivity contribution in [2.24, 2.45) is 10.9 Å². The molecule has 0 saturated carbocycles. The van der Waals surface area contributed by atoms with Gasteiger partial charge in [0.05, 0.1) is 24.6 Å². The van der Waals surface area contributed by atoms with E-state index in [2.05, 4.69) is 15.6 Å². The van der Waals surface area contributed by atoms with Gasteiger partial charge in [-0.15, -0.1) is 11.3 Å². The molecule has 2 fully saturated rings. The monoisotopic (exact) mass is 634 g/mol. The van der Waals surface area contributed by atoms with Crippen LogP contribution in [0.1, 0.15) is 42.9 Å². The number of amidine groups is 1. The average Bonchev–Trinajstić information content (AvgIpc) is 3.69. The molecule has 236 valence electrons. The number of amides is 2. The number of hydrogen-bond acceptors (Lipinski definition) is 9. The van der Waals surface area contributed by atoms with E-state index in [1.807, 2.05) is 0 Å². The van der Waals surface area contributed by atoms with E-state index in [0.29, 0.717) is 16.4 Å². The summed E-state index contributed by atoms with van der Waals surface area (Å²) < 4.78 is 50.9. The molecule has 11 nitrogen and oxygen atoms in total. The zero-order valence-electron chi connectivity index (χ0n) is 24.6. The summed E-state index contributed by atoms with van der Waals surface area (Å²) in [4.78, 5) is 49.6. The van der Waals surface area contributed by atoms with Crippen molar-refractivity contribution in [3.05, 3.63) is 63.0 Å². The van der Waals surface area contributed by atoms with Crippen LogP contribution in [0.25, 0.3) is 0 Å². The second kappa shape index (κ2) is 11.8. The predicted octanol–water partition coefficient (Wildman–Crippen LogP) is 3.32. The number of thiazole rings is 1. The summed E-state index contributed by atoms with van der Waals surface area (Å²) in [5.74, 6) is -6.58. The molecular weight excluding hydrogens is 601 g/mol. The lowest BCUT2D eigenvalue weighted by Crippen LogP contribution is -2.54. The standard InChI is InChI=1S/C29H33F3N6O5S/c1-5-43-25(39)21-19(34-23(24-33-9-10-44-24)35-22(21)16-7-6-8-18(30)15(16)2)12-38-14-29(31,32)17-11-37(13-20(17)38)27(42)36-28(3,4)26(40)41/h6-10,17,20,22H,5,11-14H2,1-4H3,(H,34,35)(H,36,42)(H,40,41)/t17-,20+,22+/m1/s1. The van der Waals surface area contributed by atoms with Gasteiger partial charge in [0.2, 0.25) is 0 Å². The lowest BCUT2D eigenvalue weighted by molar-refractivity contribution is -0.143. The lowest BCUT2D eigenvalue weighted by Gasteiger charge is -2.32. The maximum absolute atomic E-state index is 15.4. The summed E-state index contributed by atoms with van der Waals surface area (Å²) in [7, 11) is 0. The van der Waals surface area contributed by atoms with Crippen LogP contribution >= 0.6 is 11.3 Å². The number of nitrogens with one attached hydrogen (secondary N) is 2. The molecule has 4 heterocycles. The highest BCUT2D eigenvalue weighted by Gasteiger charge is 2.59. The minimum atomic E-state index is -3.17. The largest absolute Gasteiger partial charge is 0.480 e. The number of rotatable bonds is 8. The van der Waals surface area contributed by atoms with E-state index in [-0.39, 0.29) is 43.1 Å². The Kier molecular flexibility index (Phi) is 8.46. The third-order valence-electron chi connectivity index (χ3n) is 8.18. The van der Waals surface area contributed by atoms with Crippen LogP contribution in [0.2, 0.25) is 0 Å². The molecule has 1 aromatic carbocycles. The van der Waals surface area contributed by atoms with Crippen LogP contribution in [0, 0.1) is 18.7 Å². The van der Waals surface area contributed by atoms with Gasteiger partial charge in [-0.3, -0.25) is 9.89 Å². The first-order chi connectivity index (χ1) is 20.7. The van der Waals surface area contributed by atoms with Gasteiger partial charge < -0.3 is 25.4 Å². The number of aliphatic imine (C=N–C) groups is 1. The van der Waals surface area contributed by atoms with E-state index in [1.165, 1.54) is 47.1 Å². The van der Waals surface area contributed by atoms with Gasteiger partial charge in [0.15, 0.2) is 10.8 Å². The molecule has 2 saturated heterocycles. The Morgan fingerprint density at radius 3 is 2.68 bits per heavy atom. The van der Waals surface area contributed by atoms with Crippen molar-refractivity contribution in [3.63, 3.8) is 0 Å². The van der Waals surface area contributed by atoms with Crippen molar-refractivity contribution in [1.29, 1.82) is 0 Å². The molecule has 44 heavy (non-hydrogen) atoms. The Morgan fingerprint density at radius 1 is 1.27 bits per heavy atom. The van der Waals surface area contributed by atoms with Crippen LogP contribution in [-0.4, -0.2) is 94.0 Å². The van der Waals surface area contributed by atoms with E-state index in [4.69, 9.17) is 9.73 Å². The summed E-state index contributed by atoms with van der Waals surface area (Å²) in [5, 5.41) is 17.1. The van der Waals surface area contributed by atoms with E-state index in [9.17, 15) is 23.9 Å². The van der Waals surface area contributed by atoms with Crippen molar-refractivity contribution in [2.75, 3.05) is 32.8 Å². The van der Waals surface area contributed by atoms with E-state index < -0.39 is 59.8 Å². The molecular formula is C29H33F3N6O5S. The molecule has 0 radical (unpaired) electrons. The minimum Gasteiger partial charge on any atom is -0.480 e. The number of nitrogens with zero attached hydrogens (tertiary/aromatic N) is 4. The number of carboxylic acids is 1. The maximum atomic E-state index is 15.4. The zero-order valence-corrected chi connectivity index (χ0v) is 25.4. The SMILES string of the molecule is CCOC(=O)C1=C(CN2CC(F)(F)[C@@H]3CN(C(=O)NC(C)(C)C(=O)O)C[C@@H]32)NC(c2nccs2)=N[C@H]1c1cccc(F)c1C. The highest BCUT2D eigenvalue weighted by molar-refractivity contribution is 7.11. The molecule has 2 aromatic rings. The maximum Gasteiger partial charge on any atom is 0.338 e. The molecule has 15 heteroatoms. The third kappa shape index (κ3) is 5.89. The van der Waals surface area contributed by atoms with E-state index in [1.54, 1.807) is 31.5 Å². The zero-order chi connectivity index (χ0) is 32.0. The van der Waals surface area contributed by atoms with Gasteiger partial charge in [0, 0.05) is 43.0 Å². The summed E-state index contributed by atoms with van der Waals surface area (Å²) >= 11 is 1.28. The van der Waals surface area contributed by atoms with Crippen molar-refractivity contribution < 1.29 is 37.4 Å². The Morgan fingerprint density at radius 2 is 2.02 bits per heavy atom. The van der Waals surface area contributed by atoms with Gasteiger partial charge >= 0.3 is 18.0 Å². The van der Waals surface area contributed by atoms with Crippen molar-refractivity contribution in [1.82, 2.24) is 25.4 Å². The molecule has 5 rings (SSSR count). The number of urea groups is 1. The van der Waals surface area contributed by atoms with Crippen LogP contribution in [-0.2, 0) is 14.3 Å². The van der Waals surface area contributed by atoms with Gasteiger partial charge in [-0.25, -0.2) is 32.5 Å². The average molecular weight is 635 g/mol. The van der Waals surface area contributed by atoms with Crippen LogP contribution in [0.5, 0.6) is 0 Å². The Balaban J connectivity index is 1.52. The van der Waals surface area contributed by atoms with E-state index in [0.717, 1.165) is 0 Å². The normalized spacial score (nSPS) is 23.2. The van der Waals surface area contributed by atoms with Crippen molar-refractivity contribution >= 4 is 35.1 Å². The first-order valence-corrected chi connectivity index (χ1v) is 14.9. The molecule has 2 amide bonds. The van der Waals surface area contributed by atoms with Gasteiger partial charge in [-0.2, -0.15) is 0 Å². The fourth-order valence-electron chi connectivity index (χ4n) is 5.78. The van der Waals surface area contributed by atoms with Crippen LogP contribution < -0.4 is 10.6 Å². The lowest BCUT2D eigenvalue weighted by atomic mass is 9.92. The number of ether oxygens (including phenoxy) is 1. The fraction of sp³-hybridized carbons (Fsp3) is 0.483. The van der Waals surface area contributed by atoms with Crippen molar-refractivity contribution in [3.8, 4) is 0 Å². The number of carbonyl (C=O) groups is 3. The molecule has 1 aromatic heterocycles. The Hall–Kier alpha value is -3.98. The van der Waals surface area contributed by atoms with Gasteiger partial charge in [0.25, 0.3) is 5.92 Å². The number of aromatic nitrogens is 1. The molecule has 0 bridgehead atoms. The summed E-state index contributed by atoms with van der Waals surface area (Å²) in [5.41, 5.74) is -0.599. The number of fused-ring (bicyclic) bond motifs is 1. The number of likely N-dealkylation sites (tertiary alicyclic amines) is 2. The van der Waals surface area contributed by atoms with Gasteiger partial charge in [-0.05, 0) is 44.9 Å². The number of esters is 1. The number of benzene rings is 1. The van der Waals surface area contributed by atoms with Gasteiger partial charge in [0.1, 0.15) is 17.4 Å². The molecule has 3 aliphatic rings.